The van der Waals surface area contributed by atoms with Gasteiger partial charge >= 0.3 is 0 Å². The fourth-order valence-electron chi connectivity index (χ4n) is 1.61. The van der Waals surface area contributed by atoms with Gasteiger partial charge in [-0.2, -0.15) is 4.98 Å². The third-order valence-corrected chi connectivity index (χ3v) is 2.58. The molecule has 0 radical (unpaired) electrons. The van der Waals surface area contributed by atoms with Crippen LogP contribution in [0.25, 0.3) is 5.65 Å². The van der Waals surface area contributed by atoms with Gasteiger partial charge in [0.25, 0.3) is 5.56 Å². The summed E-state index contributed by atoms with van der Waals surface area (Å²) in [5, 5.41) is 10.1. The van der Waals surface area contributed by atoms with Crippen molar-refractivity contribution in [3.05, 3.63) is 39.3 Å². The SMILES string of the molecule is CCCc1c(O)nc2ccc(Cl)cn2c1=O. The van der Waals surface area contributed by atoms with Crippen molar-refractivity contribution in [1.82, 2.24) is 9.38 Å². The van der Waals surface area contributed by atoms with E-state index in [1.807, 2.05) is 6.92 Å². The predicted octanol–water partition coefficient (Wildman–Crippen LogP) is 2.01. The minimum absolute atomic E-state index is 0.186. The molecular weight excluding hydrogens is 228 g/mol. The Hall–Kier alpha value is -1.55. The highest BCUT2D eigenvalue weighted by molar-refractivity contribution is 6.30. The van der Waals surface area contributed by atoms with Gasteiger partial charge in [0.2, 0.25) is 5.88 Å². The van der Waals surface area contributed by atoms with E-state index in [-0.39, 0.29) is 11.4 Å². The van der Waals surface area contributed by atoms with Gasteiger partial charge in [-0.25, -0.2) is 0 Å². The number of hydrogen-bond donors (Lipinski definition) is 1. The quantitative estimate of drug-likeness (QED) is 0.871. The molecule has 4 nitrogen and oxygen atoms in total. The summed E-state index contributed by atoms with van der Waals surface area (Å²) >= 11 is 5.81. The molecule has 2 rings (SSSR count). The molecule has 0 bridgehead atoms. The molecule has 0 saturated carbocycles. The number of halogens is 1. The lowest BCUT2D eigenvalue weighted by Gasteiger charge is -2.05. The normalized spacial score (nSPS) is 10.9. The van der Waals surface area contributed by atoms with Crippen molar-refractivity contribution in [3.63, 3.8) is 0 Å². The van der Waals surface area contributed by atoms with Gasteiger partial charge in [-0.15, -0.1) is 0 Å². The number of nitrogens with zero attached hydrogens (tertiary/aromatic N) is 2. The Kier molecular flexibility index (Phi) is 2.83. The highest BCUT2D eigenvalue weighted by Gasteiger charge is 2.10. The van der Waals surface area contributed by atoms with Gasteiger partial charge in [0.05, 0.1) is 10.6 Å². The number of aromatic hydroxyl groups is 1. The maximum Gasteiger partial charge on any atom is 0.264 e. The highest BCUT2D eigenvalue weighted by Crippen LogP contribution is 2.15. The van der Waals surface area contributed by atoms with Crippen molar-refractivity contribution in [1.29, 1.82) is 0 Å². The van der Waals surface area contributed by atoms with Crippen molar-refractivity contribution < 1.29 is 5.11 Å². The van der Waals surface area contributed by atoms with Gasteiger partial charge in [-0.1, -0.05) is 24.9 Å². The zero-order chi connectivity index (χ0) is 11.7. The van der Waals surface area contributed by atoms with Crippen LogP contribution >= 0.6 is 11.6 Å². The molecule has 0 fully saturated rings. The number of hydrogen-bond acceptors (Lipinski definition) is 3. The molecule has 0 spiro atoms. The Morgan fingerprint density at radius 3 is 2.94 bits per heavy atom. The lowest BCUT2D eigenvalue weighted by atomic mass is 10.2. The first kappa shape index (κ1) is 11.0. The van der Waals surface area contributed by atoms with Crippen molar-refractivity contribution in [3.8, 4) is 5.88 Å². The molecule has 0 unspecified atom stereocenters. The fraction of sp³-hybridized carbons (Fsp3) is 0.273. The van der Waals surface area contributed by atoms with E-state index in [0.717, 1.165) is 6.42 Å². The van der Waals surface area contributed by atoms with Crippen molar-refractivity contribution in [2.45, 2.75) is 19.8 Å². The summed E-state index contributed by atoms with van der Waals surface area (Å²) in [6.45, 7) is 1.94. The fourth-order valence-corrected chi connectivity index (χ4v) is 1.77. The van der Waals surface area contributed by atoms with E-state index < -0.39 is 0 Å². The largest absolute Gasteiger partial charge is 0.493 e. The first-order chi connectivity index (χ1) is 7.63. The van der Waals surface area contributed by atoms with Gasteiger partial charge in [-0.3, -0.25) is 9.20 Å². The molecule has 84 valence electrons. The molecule has 0 amide bonds. The van der Waals surface area contributed by atoms with Gasteiger partial charge in [0.1, 0.15) is 5.65 Å². The average Bonchev–Trinajstić information content (AvgIpc) is 2.26. The number of aromatic nitrogens is 2. The summed E-state index contributed by atoms with van der Waals surface area (Å²) in [6.07, 6.45) is 2.79. The summed E-state index contributed by atoms with van der Waals surface area (Å²) in [5.74, 6) is -0.186. The number of pyridine rings is 1. The second-order valence-electron chi connectivity index (χ2n) is 3.54. The summed E-state index contributed by atoms with van der Waals surface area (Å²) in [6, 6.07) is 3.22. The summed E-state index contributed by atoms with van der Waals surface area (Å²) < 4.78 is 1.35. The first-order valence-electron chi connectivity index (χ1n) is 5.03. The van der Waals surface area contributed by atoms with Crippen molar-refractivity contribution >= 4 is 17.2 Å². The van der Waals surface area contributed by atoms with Crippen LogP contribution in [0.1, 0.15) is 18.9 Å². The summed E-state index contributed by atoms with van der Waals surface area (Å²) in [5.41, 5.74) is 0.473. The van der Waals surface area contributed by atoms with Gasteiger partial charge in [0.15, 0.2) is 0 Å². The molecule has 0 saturated heterocycles. The first-order valence-corrected chi connectivity index (χ1v) is 5.41. The Morgan fingerprint density at radius 2 is 2.25 bits per heavy atom. The monoisotopic (exact) mass is 238 g/mol. The number of rotatable bonds is 2. The Bertz CT molecular complexity index is 592. The second-order valence-corrected chi connectivity index (χ2v) is 3.98. The van der Waals surface area contributed by atoms with E-state index in [4.69, 9.17) is 11.6 Å². The van der Waals surface area contributed by atoms with E-state index in [2.05, 4.69) is 4.98 Å². The van der Waals surface area contributed by atoms with Crippen LogP contribution in [0.4, 0.5) is 0 Å². The zero-order valence-electron chi connectivity index (χ0n) is 8.77. The molecule has 0 aliphatic heterocycles. The topological polar surface area (TPSA) is 54.6 Å². The minimum atomic E-state index is -0.258. The summed E-state index contributed by atoms with van der Waals surface area (Å²) in [7, 11) is 0. The molecule has 5 heteroatoms. The minimum Gasteiger partial charge on any atom is -0.493 e. The predicted molar refractivity (Wildman–Crippen MR) is 62.1 cm³/mol. The third kappa shape index (κ3) is 1.76. The van der Waals surface area contributed by atoms with Crippen LogP contribution in [-0.2, 0) is 6.42 Å². The molecule has 0 aromatic carbocycles. The van der Waals surface area contributed by atoms with E-state index >= 15 is 0 Å². The van der Waals surface area contributed by atoms with Gasteiger partial charge in [0, 0.05) is 6.20 Å². The average molecular weight is 239 g/mol. The van der Waals surface area contributed by atoms with Crippen molar-refractivity contribution in [2.75, 3.05) is 0 Å². The molecule has 2 aromatic heterocycles. The van der Waals surface area contributed by atoms with Crippen LogP contribution in [0.2, 0.25) is 5.02 Å². The van der Waals surface area contributed by atoms with E-state index in [9.17, 15) is 9.90 Å². The maximum atomic E-state index is 12.0. The third-order valence-electron chi connectivity index (χ3n) is 2.36. The molecule has 2 heterocycles. The Morgan fingerprint density at radius 1 is 1.50 bits per heavy atom. The van der Waals surface area contributed by atoms with Crippen molar-refractivity contribution in [2.24, 2.45) is 0 Å². The Labute approximate surface area is 97.1 Å². The van der Waals surface area contributed by atoms with Crippen LogP contribution in [-0.4, -0.2) is 14.5 Å². The van der Waals surface area contributed by atoms with Crippen LogP contribution in [0.3, 0.4) is 0 Å². The Balaban J connectivity index is 2.80. The molecule has 0 aliphatic carbocycles. The maximum absolute atomic E-state index is 12.0. The van der Waals surface area contributed by atoms with Gasteiger partial charge in [-0.05, 0) is 18.6 Å². The molecule has 0 aliphatic rings. The van der Waals surface area contributed by atoms with Crippen LogP contribution < -0.4 is 5.56 Å². The van der Waals surface area contributed by atoms with Crippen LogP contribution in [0.5, 0.6) is 5.88 Å². The van der Waals surface area contributed by atoms with E-state index in [1.54, 1.807) is 12.1 Å². The van der Waals surface area contributed by atoms with E-state index in [1.165, 1.54) is 10.6 Å². The molecule has 1 N–H and O–H groups in total. The second kappa shape index (κ2) is 4.14. The van der Waals surface area contributed by atoms with E-state index in [0.29, 0.717) is 22.7 Å². The van der Waals surface area contributed by atoms with Gasteiger partial charge < -0.3 is 5.11 Å². The lowest BCUT2D eigenvalue weighted by Crippen LogP contribution is -2.19. The molecular formula is C11H11ClN2O2. The number of fused-ring (bicyclic) bond motifs is 1. The smallest absolute Gasteiger partial charge is 0.264 e. The van der Waals surface area contributed by atoms with Crippen LogP contribution in [0.15, 0.2) is 23.1 Å². The molecule has 0 atom stereocenters. The zero-order valence-corrected chi connectivity index (χ0v) is 9.53. The molecule has 16 heavy (non-hydrogen) atoms. The molecule has 2 aromatic rings. The summed E-state index contributed by atoms with van der Waals surface area (Å²) in [4.78, 5) is 16.0. The van der Waals surface area contributed by atoms with Crippen LogP contribution in [0, 0.1) is 0 Å². The highest BCUT2D eigenvalue weighted by atomic mass is 35.5. The standard InChI is InChI=1S/C11H11ClN2O2/c1-2-3-8-10(15)13-9-5-4-7(12)6-14(9)11(8)16/h4-6,15H,2-3H2,1H3. The lowest BCUT2D eigenvalue weighted by molar-refractivity contribution is 0.444.